The number of amides is 1. The van der Waals surface area contributed by atoms with Gasteiger partial charge in [-0.2, -0.15) is 13.2 Å². The van der Waals surface area contributed by atoms with Gasteiger partial charge in [0, 0.05) is 24.6 Å². The molecule has 1 saturated heterocycles. The van der Waals surface area contributed by atoms with Gasteiger partial charge in [0.2, 0.25) is 0 Å². The minimum atomic E-state index is -4.39. The Hall–Kier alpha value is -2.50. The predicted octanol–water partition coefficient (Wildman–Crippen LogP) is 4.34. The molecule has 1 amide bonds. The molecule has 0 spiro atoms. The summed E-state index contributed by atoms with van der Waals surface area (Å²) in [4.78, 5) is 14.2. The number of hydrogen-bond acceptors (Lipinski definition) is 2. The molecule has 132 valence electrons. The molecule has 1 fully saturated rings. The van der Waals surface area contributed by atoms with E-state index in [9.17, 15) is 18.0 Å². The Morgan fingerprint density at radius 1 is 1.08 bits per heavy atom. The van der Waals surface area contributed by atoms with E-state index < -0.39 is 11.7 Å². The molecule has 1 unspecified atom stereocenters. The number of alkyl halides is 3. The maximum absolute atomic E-state index is 12.6. The molecule has 0 aromatic heterocycles. The monoisotopic (exact) mass is 349 g/mol. The van der Waals surface area contributed by atoms with Crippen LogP contribution in [0.1, 0.15) is 33.8 Å². The molecule has 6 heteroatoms. The average Bonchev–Trinajstić information content (AvgIpc) is 3.10. The van der Waals surface area contributed by atoms with Gasteiger partial charge in [-0.1, -0.05) is 12.1 Å². The second-order valence-electron chi connectivity index (χ2n) is 6.09. The molecule has 3 nitrogen and oxygen atoms in total. The van der Waals surface area contributed by atoms with Crippen molar-refractivity contribution in [3.05, 3.63) is 65.2 Å². The smallest absolute Gasteiger partial charge is 0.416 e. The number of halogens is 3. The van der Waals surface area contributed by atoms with Gasteiger partial charge >= 0.3 is 6.18 Å². The van der Waals surface area contributed by atoms with Crippen molar-refractivity contribution < 1.29 is 22.7 Å². The van der Waals surface area contributed by atoms with Crippen molar-refractivity contribution in [1.29, 1.82) is 0 Å². The maximum atomic E-state index is 12.6. The molecule has 2 aromatic carbocycles. The molecular weight excluding hydrogens is 331 g/mol. The number of benzene rings is 2. The number of nitrogens with zero attached hydrogens (tertiary/aromatic N) is 1. The Bertz CT molecular complexity index is 739. The van der Waals surface area contributed by atoms with Gasteiger partial charge in [0.15, 0.2) is 0 Å². The Kier molecular flexibility index (Phi) is 4.70. The second kappa shape index (κ2) is 6.78. The number of methoxy groups -OCH3 is 1. The van der Waals surface area contributed by atoms with Crippen molar-refractivity contribution >= 4 is 5.91 Å². The van der Waals surface area contributed by atoms with Gasteiger partial charge < -0.3 is 9.64 Å². The lowest BCUT2D eigenvalue weighted by molar-refractivity contribution is -0.137. The van der Waals surface area contributed by atoms with Gasteiger partial charge in [-0.15, -0.1) is 0 Å². The molecule has 0 radical (unpaired) electrons. The van der Waals surface area contributed by atoms with Gasteiger partial charge in [-0.3, -0.25) is 4.79 Å². The number of likely N-dealkylation sites (tertiary alicyclic amines) is 1. The fourth-order valence-electron chi connectivity index (χ4n) is 3.08. The van der Waals surface area contributed by atoms with Crippen LogP contribution < -0.4 is 4.74 Å². The molecule has 25 heavy (non-hydrogen) atoms. The van der Waals surface area contributed by atoms with Crippen LogP contribution in [0.5, 0.6) is 5.75 Å². The van der Waals surface area contributed by atoms with E-state index in [0.717, 1.165) is 29.9 Å². The molecule has 0 N–H and O–H groups in total. The van der Waals surface area contributed by atoms with Crippen LogP contribution in [0.3, 0.4) is 0 Å². The Balaban J connectivity index is 1.67. The summed E-state index contributed by atoms with van der Waals surface area (Å²) < 4.78 is 43.0. The third-order valence-electron chi connectivity index (χ3n) is 4.52. The van der Waals surface area contributed by atoms with Crippen LogP contribution in [0.15, 0.2) is 48.5 Å². The number of carbonyl (C=O) groups is 1. The lowest BCUT2D eigenvalue weighted by Gasteiger charge is -2.17. The van der Waals surface area contributed by atoms with Crippen LogP contribution in [-0.2, 0) is 6.18 Å². The zero-order chi connectivity index (χ0) is 18.0. The van der Waals surface area contributed by atoms with E-state index in [4.69, 9.17) is 4.74 Å². The van der Waals surface area contributed by atoms with Crippen molar-refractivity contribution in [3.63, 3.8) is 0 Å². The first kappa shape index (κ1) is 17.3. The third-order valence-corrected chi connectivity index (χ3v) is 4.52. The summed E-state index contributed by atoms with van der Waals surface area (Å²) in [6.07, 6.45) is -3.56. The normalized spacial score (nSPS) is 17.6. The largest absolute Gasteiger partial charge is 0.497 e. The highest BCUT2D eigenvalue weighted by atomic mass is 19.4. The van der Waals surface area contributed by atoms with Crippen molar-refractivity contribution in [2.24, 2.45) is 0 Å². The van der Waals surface area contributed by atoms with E-state index in [1.165, 1.54) is 12.1 Å². The van der Waals surface area contributed by atoms with Gasteiger partial charge in [0.05, 0.1) is 12.7 Å². The predicted molar refractivity (Wildman–Crippen MR) is 87.7 cm³/mol. The minimum Gasteiger partial charge on any atom is -0.497 e. The highest BCUT2D eigenvalue weighted by Crippen LogP contribution is 2.31. The number of ether oxygens (including phenoxy) is 1. The summed E-state index contributed by atoms with van der Waals surface area (Å²) in [7, 11) is 1.61. The van der Waals surface area contributed by atoms with E-state index in [0.29, 0.717) is 13.1 Å². The highest BCUT2D eigenvalue weighted by Gasteiger charge is 2.31. The molecule has 1 aliphatic heterocycles. The lowest BCUT2D eigenvalue weighted by Crippen LogP contribution is -2.28. The van der Waals surface area contributed by atoms with Crippen LogP contribution in [0, 0.1) is 0 Å². The summed E-state index contributed by atoms with van der Waals surface area (Å²) in [5.41, 5.74) is 0.661. The topological polar surface area (TPSA) is 29.5 Å². The van der Waals surface area contributed by atoms with Crippen LogP contribution in [-0.4, -0.2) is 31.0 Å². The van der Waals surface area contributed by atoms with Gasteiger partial charge in [-0.25, -0.2) is 0 Å². The van der Waals surface area contributed by atoms with Crippen molar-refractivity contribution in [2.75, 3.05) is 20.2 Å². The maximum Gasteiger partial charge on any atom is 0.416 e. The molecule has 2 aromatic rings. The molecule has 1 aliphatic rings. The van der Waals surface area contributed by atoms with E-state index >= 15 is 0 Å². The average molecular weight is 349 g/mol. The lowest BCUT2D eigenvalue weighted by atomic mass is 9.98. The Labute approximate surface area is 144 Å². The summed E-state index contributed by atoms with van der Waals surface area (Å²) in [5, 5.41) is 0. The van der Waals surface area contributed by atoms with E-state index in [1.807, 2.05) is 24.3 Å². The summed E-state index contributed by atoms with van der Waals surface area (Å²) >= 11 is 0. The summed E-state index contributed by atoms with van der Waals surface area (Å²) in [5.74, 6) is 0.772. The first-order chi connectivity index (χ1) is 11.9. The fourth-order valence-corrected chi connectivity index (χ4v) is 3.08. The molecular formula is C19H18F3NO2. The molecule has 0 bridgehead atoms. The molecule has 1 heterocycles. The first-order valence-corrected chi connectivity index (χ1v) is 7.99. The van der Waals surface area contributed by atoms with Gasteiger partial charge in [0.25, 0.3) is 5.91 Å². The van der Waals surface area contributed by atoms with Crippen molar-refractivity contribution in [2.45, 2.75) is 18.5 Å². The summed E-state index contributed by atoms with van der Waals surface area (Å²) in [6, 6.07) is 12.1. The SMILES string of the molecule is COc1ccc(C2CCN(C(=O)c3ccc(C(F)(F)F)cc3)C2)cc1. The number of carbonyl (C=O) groups excluding carboxylic acids is 1. The summed E-state index contributed by atoms with van der Waals surface area (Å²) in [6.45, 7) is 1.16. The van der Waals surface area contributed by atoms with Gasteiger partial charge in [0.1, 0.15) is 5.75 Å². The minimum absolute atomic E-state index is 0.226. The van der Waals surface area contributed by atoms with E-state index in [1.54, 1.807) is 12.0 Å². The first-order valence-electron chi connectivity index (χ1n) is 7.99. The quantitative estimate of drug-likeness (QED) is 0.825. The van der Waals surface area contributed by atoms with Crippen molar-refractivity contribution in [3.8, 4) is 5.75 Å². The molecule has 3 rings (SSSR count). The van der Waals surface area contributed by atoms with Crippen LogP contribution in [0.4, 0.5) is 13.2 Å². The van der Waals surface area contributed by atoms with Crippen LogP contribution in [0.2, 0.25) is 0 Å². The zero-order valence-electron chi connectivity index (χ0n) is 13.7. The molecule has 0 saturated carbocycles. The van der Waals surface area contributed by atoms with Crippen molar-refractivity contribution in [1.82, 2.24) is 4.90 Å². The van der Waals surface area contributed by atoms with Gasteiger partial charge in [-0.05, 0) is 48.4 Å². The van der Waals surface area contributed by atoms with Crippen LogP contribution >= 0.6 is 0 Å². The molecule has 1 atom stereocenters. The zero-order valence-corrected chi connectivity index (χ0v) is 13.7. The highest BCUT2D eigenvalue weighted by molar-refractivity contribution is 5.94. The number of hydrogen-bond donors (Lipinski definition) is 0. The molecule has 0 aliphatic carbocycles. The fraction of sp³-hybridized carbons (Fsp3) is 0.316. The second-order valence-corrected chi connectivity index (χ2v) is 6.09. The Morgan fingerprint density at radius 2 is 1.72 bits per heavy atom. The standard InChI is InChI=1S/C19H18F3NO2/c1-25-17-8-4-13(5-9-17)15-10-11-23(12-15)18(24)14-2-6-16(7-3-14)19(20,21)22/h2-9,15H,10-12H2,1H3. The third kappa shape index (κ3) is 3.78. The van der Waals surface area contributed by atoms with E-state index in [2.05, 4.69) is 0 Å². The number of rotatable bonds is 3. The Morgan fingerprint density at radius 3 is 2.28 bits per heavy atom. The van der Waals surface area contributed by atoms with Crippen LogP contribution in [0.25, 0.3) is 0 Å². The van der Waals surface area contributed by atoms with E-state index in [-0.39, 0.29) is 17.4 Å².